The van der Waals surface area contributed by atoms with E-state index in [0.717, 1.165) is 12.5 Å². The molecule has 104 valence electrons. The Hall–Kier alpha value is -1.79. The first kappa shape index (κ1) is 13.6. The van der Waals surface area contributed by atoms with Gasteiger partial charge in [-0.2, -0.15) is 18.3 Å². The zero-order chi connectivity index (χ0) is 14.0. The summed E-state index contributed by atoms with van der Waals surface area (Å²) in [5.41, 5.74) is -0.578. The number of aromatic nitrogens is 3. The summed E-state index contributed by atoms with van der Waals surface area (Å²) in [6, 6.07) is 1.00. The van der Waals surface area contributed by atoms with Crippen LogP contribution in [0.2, 0.25) is 0 Å². The second-order valence-electron chi connectivity index (χ2n) is 4.74. The van der Waals surface area contributed by atoms with E-state index in [1.54, 1.807) is 0 Å². The monoisotopic (exact) mass is 272 g/mol. The molecule has 2 aromatic heterocycles. The summed E-state index contributed by atoms with van der Waals surface area (Å²) in [5.74, 6) is 0.939. The number of alkyl halides is 3. The van der Waals surface area contributed by atoms with Gasteiger partial charge in [0, 0.05) is 25.0 Å². The molecule has 0 radical (unpaired) electrons. The lowest BCUT2D eigenvalue weighted by Crippen LogP contribution is -2.07. The summed E-state index contributed by atoms with van der Waals surface area (Å²) in [7, 11) is 0. The molecule has 0 saturated carbocycles. The number of rotatable bonds is 4. The first-order valence-corrected chi connectivity index (χ1v) is 6.03. The predicted molar refractivity (Wildman–Crippen MR) is 65.9 cm³/mol. The molecule has 0 aromatic carbocycles. The average molecular weight is 272 g/mol. The van der Waals surface area contributed by atoms with Crippen LogP contribution in [-0.4, -0.2) is 21.1 Å². The summed E-state index contributed by atoms with van der Waals surface area (Å²) >= 11 is 0. The Morgan fingerprint density at radius 2 is 2.11 bits per heavy atom. The van der Waals surface area contributed by atoms with E-state index in [0.29, 0.717) is 23.8 Å². The Labute approximate surface area is 108 Å². The third kappa shape index (κ3) is 3.15. The molecular weight excluding hydrogens is 257 g/mol. The maximum Gasteiger partial charge on any atom is 0.435 e. The number of anilines is 1. The minimum Gasteiger partial charge on any atom is -0.368 e. The van der Waals surface area contributed by atoms with E-state index in [1.165, 1.54) is 16.9 Å². The smallest absolute Gasteiger partial charge is 0.368 e. The first-order chi connectivity index (χ1) is 8.88. The Balaban J connectivity index is 2.27. The van der Waals surface area contributed by atoms with Crippen molar-refractivity contribution in [1.29, 1.82) is 0 Å². The molecule has 19 heavy (non-hydrogen) atoms. The molecule has 0 fully saturated rings. The molecule has 0 aliphatic heterocycles. The van der Waals surface area contributed by atoms with Gasteiger partial charge in [-0.05, 0) is 12.3 Å². The summed E-state index contributed by atoms with van der Waals surface area (Å²) in [5, 5.41) is 6.54. The van der Waals surface area contributed by atoms with Crippen LogP contribution in [-0.2, 0) is 6.18 Å². The van der Waals surface area contributed by atoms with E-state index in [2.05, 4.69) is 29.2 Å². The number of halogens is 3. The van der Waals surface area contributed by atoms with E-state index in [-0.39, 0.29) is 0 Å². The van der Waals surface area contributed by atoms with Crippen molar-refractivity contribution >= 4 is 11.3 Å². The van der Waals surface area contributed by atoms with Gasteiger partial charge in [0.25, 0.3) is 0 Å². The van der Waals surface area contributed by atoms with Crippen LogP contribution in [0.25, 0.3) is 5.52 Å². The minimum atomic E-state index is -4.44. The number of hydrogen-bond acceptors (Lipinski definition) is 3. The van der Waals surface area contributed by atoms with E-state index in [4.69, 9.17) is 0 Å². The van der Waals surface area contributed by atoms with Gasteiger partial charge in [0.05, 0.1) is 0 Å². The molecule has 2 heterocycles. The number of hydrogen-bond donors (Lipinski definition) is 1. The second kappa shape index (κ2) is 5.07. The van der Waals surface area contributed by atoms with E-state index >= 15 is 0 Å². The van der Waals surface area contributed by atoms with E-state index < -0.39 is 11.9 Å². The van der Waals surface area contributed by atoms with Crippen LogP contribution in [0, 0.1) is 5.92 Å². The molecule has 7 heteroatoms. The van der Waals surface area contributed by atoms with Gasteiger partial charge in [0.2, 0.25) is 0 Å². The Kier molecular flexibility index (Phi) is 3.64. The predicted octanol–water partition coefficient (Wildman–Crippen LogP) is 3.21. The van der Waals surface area contributed by atoms with Gasteiger partial charge < -0.3 is 5.32 Å². The first-order valence-electron chi connectivity index (χ1n) is 6.03. The largest absolute Gasteiger partial charge is 0.435 e. The van der Waals surface area contributed by atoms with Crippen molar-refractivity contribution in [3.63, 3.8) is 0 Å². The van der Waals surface area contributed by atoms with E-state index in [1.807, 2.05) is 0 Å². The molecule has 0 saturated heterocycles. The maximum absolute atomic E-state index is 12.6. The van der Waals surface area contributed by atoms with Crippen LogP contribution in [0.3, 0.4) is 0 Å². The lowest BCUT2D eigenvalue weighted by Gasteiger charge is -2.08. The van der Waals surface area contributed by atoms with Crippen molar-refractivity contribution in [1.82, 2.24) is 14.6 Å². The quantitative estimate of drug-likeness (QED) is 0.929. The Morgan fingerprint density at radius 1 is 1.37 bits per heavy atom. The van der Waals surface area contributed by atoms with Gasteiger partial charge in [-0.15, -0.1) is 0 Å². The van der Waals surface area contributed by atoms with E-state index in [9.17, 15) is 13.2 Å². The molecule has 0 unspecified atom stereocenters. The van der Waals surface area contributed by atoms with Crippen LogP contribution in [0.4, 0.5) is 19.0 Å². The summed E-state index contributed by atoms with van der Waals surface area (Å²) < 4.78 is 39.0. The molecule has 4 nitrogen and oxygen atoms in total. The Morgan fingerprint density at radius 3 is 2.74 bits per heavy atom. The highest BCUT2D eigenvalue weighted by Crippen LogP contribution is 2.29. The fourth-order valence-electron chi connectivity index (χ4n) is 1.68. The molecular formula is C12H15F3N4. The summed E-state index contributed by atoms with van der Waals surface area (Å²) in [6.07, 6.45) is -0.694. The molecule has 2 rings (SSSR count). The average Bonchev–Trinajstić information content (AvgIpc) is 2.72. The number of nitrogens with zero attached hydrogens (tertiary/aromatic N) is 3. The van der Waals surface area contributed by atoms with Crippen LogP contribution in [0.15, 0.2) is 18.5 Å². The van der Waals surface area contributed by atoms with Crippen molar-refractivity contribution < 1.29 is 13.2 Å². The third-order valence-corrected chi connectivity index (χ3v) is 2.69. The molecule has 0 aliphatic carbocycles. The zero-order valence-corrected chi connectivity index (χ0v) is 10.7. The topological polar surface area (TPSA) is 42.2 Å². The van der Waals surface area contributed by atoms with Crippen molar-refractivity contribution in [2.24, 2.45) is 5.92 Å². The molecule has 0 amide bonds. The maximum atomic E-state index is 12.6. The fraction of sp³-hybridized carbons (Fsp3) is 0.500. The van der Waals surface area contributed by atoms with Gasteiger partial charge in [-0.1, -0.05) is 13.8 Å². The van der Waals surface area contributed by atoms with Crippen molar-refractivity contribution in [2.45, 2.75) is 26.4 Å². The van der Waals surface area contributed by atoms with Crippen LogP contribution >= 0.6 is 0 Å². The normalized spacial score (nSPS) is 12.3. The van der Waals surface area contributed by atoms with Gasteiger partial charge >= 0.3 is 6.18 Å². The van der Waals surface area contributed by atoms with Gasteiger partial charge in [0.1, 0.15) is 5.52 Å². The molecule has 0 atom stereocenters. The standard InChI is InChI=1S/C12H15F3N4/c1-8(2)3-4-16-11-9-7-10(12(13,14)15)18-19(9)6-5-17-11/h5-8H,3-4H2,1-2H3,(H,16,17). The molecule has 0 spiro atoms. The van der Waals surface area contributed by atoms with Gasteiger partial charge in [0.15, 0.2) is 11.5 Å². The van der Waals surface area contributed by atoms with Crippen LogP contribution < -0.4 is 5.32 Å². The summed E-state index contributed by atoms with van der Waals surface area (Å²) in [6.45, 7) is 4.82. The Bertz CT molecular complexity index is 560. The highest BCUT2D eigenvalue weighted by molar-refractivity contribution is 5.67. The highest BCUT2D eigenvalue weighted by Gasteiger charge is 2.34. The van der Waals surface area contributed by atoms with Crippen molar-refractivity contribution in [2.75, 3.05) is 11.9 Å². The fourth-order valence-corrected chi connectivity index (χ4v) is 1.68. The van der Waals surface area contributed by atoms with Crippen molar-refractivity contribution in [3.8, 4) is 0 Å². The number of fused-ring (bicyclic) bond motifs is 1. The lowest BCUT2D eigenvalue weighted by molar-refractivity contribution is -0.141. The van der Waals surface area contributed by atoms with Gasteiger partial charge in [-0.3, -0.25) is 0 Å². The van der Waals surface area contributed by atoms with Crippen molar-refractivity contribution in [3.05, 3.63) is 24.2 Å². The highest BCUT2D eigenvalue weighted by atomic mass is 19.4. The third-order valence-electron chi connectivity index (χ3n) is 2.69. The number of nitrogens with one attached hydrogen (secondary N) is 1. The molecule has 1 N–H and O–H groups in total. The summed E-state index contributed by atoms with van der Waals surface area (Å²) in [4.78, 5) is 4.06. The second-order valence-corrected chi connectivity index (χ2v) is 4.74. The molecule has 0 bridgehead atoms. The van der Waals surface area contributed by atoms with Gasteiger partial charge in [-0.25, -0.2) is 9.50 Å². The minimum absolute atomic E-state index is 0.332. The SMILES string of the molecule is CC(C)CCNc1nccn2nc(C(F)(F)F)cc12. The molecule has 0 aliphatic rings. The zero-order valence-electron chi connectivity index (χ0n) is 10.7. The van der Waals surface area contributed by atoms with Crippen LogP contribution in [0.5, 0.6) is 0 Å². The molecule has 2 aromatic rings. The lowest BCUT2D eigenvalue weighted by atomic mass is 10.1. The van der Waals surface area contributed by atoms with Crippen LogP contribution in [0.1, 0.15) is 26.0 Å².